The molecule has 0 aliphatic carbocycles. The summed E-state index contributed by atoms with van der Waals surface area (Å²) in [7, 11) is 1.74. The summed E-state index contributed by atoms with van der Waals surface area (Å²) in [6.45, 7) is 14.1. The van der Waals surface area contributed by atoms with Gasteiger partial charge in [0.1, 0.15) is 18.1 Å². The van der Waals surface area contributed by atoms with Crippen molar-refractivity contribution in [2.24, 2.45) is 11.1 Å². The Hall–Kier alpha value is -4.11. The molecule has 0 bridgehead atoms. The van der Waals surface area contributed by atoms with Gasteiger partial charge in [-0.05, 0) is 88.2 Å². The highest BCUT2D eigenvalue weighted by atomic mass is 16.5. The number of nitroso groups, excluding NO2 is 1. The van der Waals surface area contributed by atoms with E-state index in [1.165, 1.54) is 5.56 Å². The van der Waals surface area contributed by atoms with Gasteiger partial charge in [-0.2, -0.15) is 10.0 Å². The van der Waals surface area contributed by atoms with Crippen LogP contribution in [0.2, 0.25) is 0 Å². The van der Waals surface area contributed by atoms with Crippen LogP contribution in [0.4, 0.5) is 11.5 Å². The van der Waals surface area contributed by atoms with E-state index in [1.807, 2.05) is 11.6 Å². The Balaban J connectivity index is 1.10. The lowest BCUT2D eigenvalue weighted by molar-refractivity contribution is -0.137. The van der Waals surface area contributed by atoms with Crippen LogP contribution in [0.5, 0.6) is 5.75 Å². The zero-order chi connectivity index (χ0) is 37.9. The largest absolute Gasteiger partial charge is 0.496 e. The third kappa shape index (κ3) is 10.8. The zero-order valence-corrected chi connectivity index (χ0v) is 32.3. The summed E-state index contributed by atoms with van der Waals surface area (Å²) < 4.78 is 18.8. The predicted molar refractivity (Wildman–Crippen MR) is 209 cm³/mol. The number of hydrogen-bond donors (Lipinski definition) is 2. The second-order valence-electron chi connectivity index (χ2n) is 14.9. The molecule has 14 heteroatoms. The molecule has 2 saturated heterocycles. The first-order valence-corrected chi connectivity index (χ1v) is 19.6. The standard InChI is InChI=1S/C40H58N8O6/c1-29-21-30(2)48(44-29)36-23-32(22-35(26-36)47-14-12-45(13-15-47)16-18-54-20-19-53-17-10-42-51)33(24-39(49)50)28-46-11-8-31(27-46)6-7-34-25-38(52-3)37-5-4-9-41-40(37)43-34/h21-23,25-26,31,33H,4-20,24,27-28H2,1-3H3,(H,41,43)(H,49,50). The minimum Gasteiger partial charge on any atom is -0.496 e. The number of nitrogens with one attached hydrogen (secondary N) is 1. The smallest absolute Gasteiger partial charge is 0.304 e. The zero-order valence-electron chi connectivity index (χ0n) is 32.3. The number of aromatic nitrogens is 3. The molecule has 3 aliphatic rings. The molecule has 294 valence electrons. The molecule has 0 saturated carbocycles. The lowest BCUT2D eigenvalue weighted by Crippen LogP contribution is -2.47. The van der Waals surface area contributed by atoms with Gasteiger partial charge < -0.3 is 34.4 Å². The molecule has 2 aromatic heterocycles. The summed E-state index contributed by atoms with van der Waals surface area (Å²) in [6.07, 6.45) is 5.19. The first kappa shape index (κ1) is 39.6. The molecule has 0 amide bonds. The van der Waals surface area contributed by atoms with Crippen LogP contribution in [0.15, 0.2) is 35.5 Å². The number of anilines is 2. The van der Waals surface area contributed by atoms with Crippen molar-refractivity contribution in [1.82, 2.24) is 24.6 Å². The van der Waals surface area contributed by atoms with Crippen molar-refractivity contribution < 1.29 is 24.1 Å². The lowest BCUT2D eigenvalue weighted by Gasteiger charge is -2.36. The number of aliphatic carboxylic acids is 1. The number of aryl methyl sites for hydroxylation is 3. The molecule has 2 N–H and O–H groups in total. The third-order valence-electron chi connectivity index (χ3n) is 11.0. The lowest BCUT2D eigenvalue weighted by atomic mass is 9.93. The van der Waals surface area contributed by atoms with Crippen molar-refractivity contribution in [3.05, 3.63) is 63.4 Å². The van der Waals surface area contributed by atoms with Crippen LogP contribution in [-0.4, -0.2) is 135 Å². The van der Waals surface area contributed by atoms with Gasteiger partial charge in [0, 0.05) is 87.0 Å². The van der Waals surface area contributed by atoms with Crippen molar-refractivity contribution in [2.45, 2.75) is 58.3 Å². The summed E-state index contributed by atoms with van der Waals surface area (Å²) in [5.74, 6) is 1.50. The maximum absolute atomic E-state index is 12.3. The van der Waals surface area contributed by atoms with Crippen LogP contribution < -0.4 is 15.0 Å². The number of piperazine rings is 1. The first-order chi connectivity index (χ1) is 26.3. The average molecular weight is 747 g/mol. The van der Waals surface area contributed by atoms with Gasteiger partial charge in [0.05, 0.1) is 51.3 Å². The number of rotatable bonds is 20. The Bertz CT molecular complexity index is 1680. The number of likely N-dealkylation sites (tertiary alicyclic amines) is 1. The Labute approximate surface area is 319 Å². The minimum atomic E-state index is -0.782. The average Bonchev–Trinajstić information content (AvgIpc) is 3.78. The minimum absolute atomic E-state index is 0.0693. The van der Waals surface area contributed by atoms with Crippen LogP contribution >= 0.6 is 0 Å². The fourth-order valence-corrected chi connectivity index (χ4v) is 8.14. The van der Waals surface area contributed by atoms with Gasteiger partial charge in [0.25, 0.3) is 0 Å². The molecule has 1 aromatic carbocycles. The van der Waals surface area contributed by atoms with Crippen molar-refractivity contribution in [2.75, 3.05) is 109 Å². The van der Waals surface area contributed by atoms with Gasteiger partial charge in [-0.1, -0.05) is 5.18 Å². The number of hydrogen-bond acceptors (Lipinski definition) is 12. The molecular weight excluding hydrogens is 688 g/mol. The van der Waals surface area contributed by atoms with Gasteiger partial charge >= 0.3 is 5.97 Å². The maximum Gasteiger partial charge on any atom is 0.304 e. The number of ether oxygens (including phenoxy) is 3. The Morgan fingerprint density at radius 2 is 1.80 bits per heavy atom. The number of methoxy groups -OCH3 is 1. The van der Waals surface area contributed by atoms with E-state index in [1.54, 1.807) is 7.11 Å². The number of carbonyl (C=O) groups is 1. The van der Waals surface area contributed by atoms with Crippen LogP contribution in [0, 0.1) is 24.7 Å². The summed E-state index contributed by atoms with van der Waals surface area (Å²) in [5.41, 5.74) is 7.35. The molecule has 2 fully saturated rings. The molecule has 2 atom stereocenters. The fraction of sp³-hybridized carbons (Fsp3) is 0.625. The van der Waals surface area contributed by atoms with Crippen LogP contribution in [0.1, 0.15) is 59.8 Å². The first-order valence-electron chi connectivity index (χ1n) is 19.6. The van der Waals surface area contributed by atoms with E-state index in [0.717, 1.165) is 130 Å². The Morgan fingerprint density at radius 1 is 1.00 bits per heavy atom. The highest BCUT2D eigenvalue weighted by Crippen LogP contribution is 2.34. The van der Waals surface area contributed by atoms with Gasteiger partial charge in [-0.3, -0.25) is 9.69 Å². The van der Waals surface area contributed by atoms with Gasteiger partial charge in [-0.25, -0.2) is 9.67 Å². The second kappa shape index (κ2) is 19.5. The van der Waals surface area contributed by atoms with E-state index in [2.05, 4.69) is 62.4 Å². The molecule has 6 rings (SSSR count). The second-order valence-corrected chi connectivity index (χ2v) is 14.9. The summed E-state index contributed by atoms with van der Waals surface area (Å²) >= 11 is 0. The van der Waals surface area contributed by atoms with E-state index in [0.29, 0.717) is 38.9 Å². The monoisotopic (exact) mass is 746 g/mol. The number of fused-ring (bicyclic) bond motifs is 1. The summed E-state index contributed by atoms with van der Waals surface area (Å²) in [4.78, 5) is 34.7. The number of pyridine rings is 1. The molecule has 0 radical (unpaired) electrons. The predicted octanol–water partition coefficient (Wildman–Crippen LogP) is 4.69. The molecular formula is C40H58N8O6. The topological polar surface area (TPSA) is 147 Å². The van der Waals surface area contributed by atoms with Crippen molar-refractivity contribution in [1.29, 1.82) is 0 Å². The van der Waals surface area contributed by atoms with Gasteiger partial charge in [-0.15, -0.1) is 0 Å². The van der Waals surface area contributed by atoms with E-state index in [9.17, 15) is 14.8 Å². The molecule has 54 heavy (non-hydrogen) atoms. The van der Waals surface area contributed by atoms with Crippen molar-refractivity contribution >= 4 is 17.5 Å². The maximum atomic E-state index is 12.3. The van der Waals surface area contributed by atoms with Crippen molar-refractivity contribution in [3.63, 3.8) is 0 Å². The molecule has 3 aromatic rings. The van der Waals surface area contributed by atoms with Crippen molar-refractivity contribution in [3.8, 4) is 11.4 Å². The number of carboxylic acids is 1. The van der Waals surface area contributed by atoms with E-state index < -0.39 is 5.97 Å². The molecule has 2 unspecified atom stereocenters. The third-order valence-corrected chi connectivity index (χ3v) is 11.0. The molecule has 0 spiro atoms. The quantitative estimate of drug-likeness (QED) is 0.122. The van der Waals surface area contributed by atoms with Gasteiger partial charge in [0.2, 0.25) is 0 Å². The number of carboxylic acid groups (broad SMARTS) is 1. The SMILES string of the molecule is COc1cc(CCC2CCN(CC(CC(=O)O)c3cc(N4CCN(CCOCCOCCN=O)CC4)cc(-n4nc(C)cc4C)c3)C2)nc2c1CCCN2. The summed E-state index contributed by atoms with van der Waals surface area (Å²) in [5, 5.41) is 21.2. The Kier molecular flexibility index (Phi) is 14.3. The van der Waals surface area contributed by atoms with E-state index in [-0.39, 0.29) is 18.9 Å². The molecule has 3 aliphatic heterocycles. The van der Waals surface area contributed by atoms with Crippen LogP contribution in [0.3, 0.4) is 0 Å². The van der Waals surface area contributed by atoms with Gasteiger partial charge in [0.15, 0.2) is 0 Å². The van der Waals surface area contributed by atoms with E-state index >= 15 is 0 Å². The summed E-state index contributed by atoms with van der Waals surface area (Å²) in [6, 6.07) is 10.8. The molecule has 5 heterocycles. The number of benzene rings is 1. The Morgan fingerprint density at radius 3 is 2.54 bits per heavy atom. The number of nitrogens with zero attached hydrogens (tertiary/aromatic N) is 7. The highest BCUT2D eigenvalue weighted by Gasteiger charge is 2.28. The fourth-order valence-electron chi connectivity index (χ4n) is 8.14. The van der Waals surface area contributed by atoms with E-state index in [4.69, 9.17) is 24.3 Å². The highest BCUT2D eigenvalue weighted by molar-refractivity contribution is 5.69. The molecule has 14 nitrogen and oxygen atoms in total. The van der Waals surface area contributed by atoms with Crippen LogP contribution in [0.25, 0.3) is 5.69 Å². The normalized spacial score (nSPS) is 18.4. The van der Waals surface area contributed by atoms with Crippen LogP contribution in [-0.2, 0) is 27.1 Å².